The number of hydrogen-bond donors (Lipinski definition) is 2. The molecule has 3 unspecified atom stereocenters. The number of carbonyl (C=O) groups is 5. The van der Waals surface area contributed by atoms with E-state index in [0.29, 0.717) is 38.0 Å². The Bertz CT molecular complexity index is 2460. The van der Waals surface area contributed by atoms with Gasteiger partial charge in [-0.25, -0.2) is 10.1 Å². The Labute approximate surface area is 367 Å². The van der Waals surface area contributed by atoms with E-state index >= 15 is 0 Å². The molecule has 0 saturated carbocycles. The number of fused-ring (bicyclic) bond motifs is 8. The lowest BCUT2D eigenvalue weighted by Gasteiger charge is -2.42. The molecule has 2 fully saturated rings. The predicted molar refractivity (Wildman–Crippen MR) is 233 cm³/mol. The molecule has 0 radical (unpaired) electrons. The maximum absolute atomic E-state index is 14.6. The van der Waals surface area contributed by atoms with E-state index in [1.165, 1.54) is 16.0 Å². The largest absolute Gasteiger partial charge is 0.464 e. The van der Waals surface area contributed by atoms with Gasteiger partial charge in [-0.15, -0.1) is 5.10 Å². The number of likely N-dealkylation sites (N-methyl/N-ethyl adjacent to an activating group) is 1. The molecule has 2 N–H and O–H groups in total. The number of nitrogens with zero attached hydrogens (tertiary/aromatic N) is 8. The van der Waals surface area contributed by atoms with Crippen molar-refractivity contribution in [3.8, 4) is 16.9 Å². The van der Waals surface area contributed by atoms with Crippen molar-refractivity contribution in [3.63, 3.8) is 0 Å². The zero-order valence-electron chi connectivity index (χ0n) is 37.2. The van der Waals surface area contributed by atoms with Gasteiger partial charge in [0, 0.05) is 80.8 Å². The van der Waals surface area contributed by atoms with Gasteiger partial charge in [-0.05, 0) is 74.1 Å². The van der Waals surface area contributed by atoms with Crippen molar-refractivity contribution in [3.05, 3.63) is 72.3 Å². The van der Waals surface area contributed by atoms with E-state index in [4.69, 9.17) is 14.5 Å². The molecule has 0 spiro atoms. The molecule has 6 bridgehead atoms. The van der Waals surface area contributed by atoms with Crippen molar-refractivity contribution in [1.82, 2.24) is 50.1 Å². The molecule has 3 aliphatic heterocycles. The summed E-state index contributed by atoms with van der Waals surface area (Å²) in [5.74, 6) is -3.09. The summed E-state index contributed by atoms with van der Waals surface area (Å²) in [5.41, 5.74) is 8.56. The van der Waals surface area contributed by atoms with Crippen LogP contribution in [-0.2, 0) is 46.4 Å². The SMILES string of the molecule is C=CC(=O)N1CCC(C(=O)N(C)[C@H](C(=O)NC2Cc3cn(nn3)-c3ccc4c(c3)c3c(n4CC)-c4cccnc4[C@@H](OC)C3C(C)(C)COC(=O)[C@@H]3CCCN(N3)C2=O)C(C)C)C1. The molecule has 1 aliphatic carbocycles. The predicted octanol–water partition coefficient (Wildman–Crippen LogP) is 3.71. The average molecular weight is 863 g/mol. The zero-order valence-corrected chi connectivity index (χ0v) is 37.2. The molecule has 3 aromatic heterocycles. The van der Waals surface area contributed by atoms with E-state index in [0.717, 1.165) is 39.1 Å². The first-order valence-corrected chi connectivity index (χ1v) is 22.0. The minimum Gasteiger partial charge on any atom is -0.464 e. The maximum atomic E-state index is 14.6. The third kappa shape index (κ3) is 7.89. The van der Waals surface area contributed by atoms with Gasteiger partial charge in [-0.1, -0.05) is 39.5 Å². The first-order chi connectivity index (χ1) is 30.2. The fourth-order valence-corrected chi connectivity index (χ4v) is 10.2. The number of cyclic esters (lactones) is 1. The van der Waals surface area contributed by atoms with Gasteiger partial charge in [0.05, 0.1) is 41.5 Å². The highest BCUT2D eigenvalue weighted by Crippen LogP contribution is 2.57. The van der Waals surface area contributed by atoms with Crippen LogP contribution >= 0.6 is 0 Å². The van der Waals surface area contributed by atoms with Crippen molar-refractivity contribution in [2.75, 3.05) is 40.4 Å². The minimum atomic E-state index is -1.15. The molecule has 8 rings (SSSR count). The summed E-state index contributed by atoms with van der Waals surface area (Å²) in [7, 11) is 3.28. The normalized spacial score (nSPS) is 23.8. The van der Waals surface area contributed by atoms with Gasteiger partial charge < -0.3 is 29.2 Å². The highest BCUT2D eigenvalue weighted by molar-refractivity contribution is 5.96. The quantitative estimate of drug-likeness (QED) is 0.194. The Morgan fingerprint density at radius 1 is 1.16 bits per heavy atom. The van der Waals surface area contributed by atoms with Crippen molar-refractivity contribution >= 4 is 40.5 Å². The summed E-state index contributed by atoms with van der Waals surface area (Å²) in [6, 6.07) is 7.26. The number of hydrazine groups is 1. The van der Waals surface area contributed by atoms with Gasteiger partial charge >= 0.3 is 5.97 Å². The first kappa shape index (κ1) is 43.7. The number of amides is 4. The van der Waals surface area contributed by atoms with E-state index in [2.05, 4.69) is 71.2 Å². The number of aryl methyl sites for hydroxylation is 1. The van der Waals surface area contributed by atoms with E-state index in [-0.39, 0.29) is 49.8 Å². The van der Waals surface area contributed by atoms with E-state index in [1.54, 1.807) is 36.1 Å². The summed E-state index contributed by atoms with van der Waals surface area (Å²) in [6.07, 6.45) is 5.70. The Morgan fingerprint density at radius 3 is 2.68 bits per heavy atom. The highest BCUT2D eigenvalue weighted by atomic mass is 16.5. The summed E-state index contributed by atoms with van der Waals surface area (Å²) in [6.45, 7) is 15.2. The molecule has 334 valence electrons. The monoisotopic (exact) mass is 862 g/mol. The van der Waals surface area contributed by atoms with Crippen molar-refractivity contribution in [2.24, 2.45) is 17.3 Å². The van der Waals surface area contributed by atoms with Crippen LogP contribution in [-0.4, -0.2) is 127 Å². The van der Waals surface area contributed by atoms with Crippen molar-refractivity contribution in [1.29, 1.82) is 0 Å². The number of rotatable bonds is 8. The smallest absolute Gasteiger partial charge is 0.324 e. The lowest BCUT2D eigenvalue weighted by Crippen LogP contribution is -2.62. The van der Waals surface area contributed by atoms with Crippen LogP contribution in [0.1, 0.15) is 82.9 Å². The van der Waals surface area contributed by atoms with Gasteiger partial charge in [-0.2, -0.15) is 0 Å². The third-order valence-electron chi connectivity index (χ3n) is 13.3. The Balaban J connectivity index is 1.18. The molecular formula is C46H58N10O7. The summed E-state index contributed by atoms with van der Waals surface area (Å²) in [4.78, 5) is 77.0. The average Bonchev–Trinajstić information content (AvgIpc) is 4.04. The molecule has 6 heterocycles. The van der Waals surface area contributed by atoms with E-state index in [9.17, 15) is 24.0 Å². The van der Waals surface area contributed by atoms with Gasteiger partial charge in [-0.3, -0.25) is 34.0 Å². The number of likely N-dealkylation sites (tertiary alicyclic amines) is 1. The molecule has 6 atom stereocenters. The molecule has 17 heteroatoms. The number of ether oxygens (including phenoxy) is 2. The van der Waals surface area contributed by atoms with Gasteiger partial charge in [0.1, 0.15) is 24.2 Å². The number of hydrogen-bond acceptors (Lipinski definition) is 11. The molecule has 4 aliphatic rings. The summed E-state index contributed by atoms with van der Waals surface area (Å²) < 4.78 is 16.5. The van der Waals surface area contributed by atoms with Crippen LogP contribution in [0.5, 0.6) is 0 Å². The fraction of sp³-hybridized carbons (Fsp3) is 0.522. The molecular weight excluding hydrogens is 805 g/mol. The second kappa shape index (κ2) is 17.3. The number of pyridine rings is 1. The number of carbonyl (C=O) groups excluding carboxylic acids is 5. The number of nitrogens with one attached hydrogen (secondary N) is 2. The Kier molecular flexibility index (Phi) is 12.0. The first-order valence-electron chi connectivity index (χ1n) is 22.0. The van der Waals surface area contributed by atoms with Crippen LogP contribution in [0.3, 0.4) is 0 Å². The topological polar surface area (TPSA) is 186 Å². The maximum Gasteiger partial charge on any atom is 0.324 e. The van der Waals surface area contributed by atoms with Crippen LogP contribution in [0, 0.1) is 17.3 Å². The van der Waals surface area contributed by atoms with Crippen LogP contribution < -0.4 is 10.7 Å². The number of methoxy groups -OCH3 is 1. The zero-order chi connectivity index (χ0) is 44.9. The molecule has 63 heavy (non-hydrogen) atoms. The van der Waals surface area contributed by atoms with E-state index < -0.39 is 53.3 Å². The number of aromatic nitrogens is 5. The summed E-state index contributed by atoms with van der Waals surface area (Å²) in [5, 5.41) is 14.4. The molecule has 1 aromatic carbocycles. The van der Waals surface area contributed by atoms with E-state index in [1.807, 2.05) is 26.0 Å². The van der Waals surface area contributed by atoms with Crippen molar-refractivity contribution < 1.29 is 33.4 Å². The van der Waals surface area contributed by atoms with Crippen LogP contribution in [0.2, 0.25) is 0 Å². The van der Waals surface area contributed by atoms with Gasteiger partial charge in [0.2, 0.25) is 17.7 Å². The van der Waals surface area contributed by atoms with Crippen LogP contribution in [0.25, 0.3) is 27.8 Å². The lowest BCUT2D eigenvalue weighted by atomic mass is 9.67. The molecule has 4 amide bonds. The standard InChI is InChI=1S/C46H58N10O7/c1-9-35(57)53-20-17-27(23-53)43(59)52(7)39(26(3)4)42(58)48-33-21-28-24-56(51-49-28)29-15-16-34-31(22-29)36-37(41(62-8)38-30(13-11-18-47-38)40(36)54(34)10-2)46(5,6)25-63-45(61)32-14-12-19-55(50-32)44(33)60/h9,11,13,15-16,18,22,24,26-27,32-33,37,39,41,50H,1,10,12,14,17,19-21,23,25H2,2-8H3,(H,48,58)/t27?,32-,33?,37?,39-,41-/m0/s1. The van der Waals surface area contributed by atoms with Gasteiger partial charge in [0.25, 0.3) is 5.91 Å². The second-order valence-electron chi connectivity index (χ2n) is 18.2. The number of esters is 1. The molecule has 2 saturated heterocycles. The Hall–Kier alpha value is -5.94. The lowest BCUT2D eigenvalue weighted by molar-refractivity contribution is -0.156. The summed E-state index contributed by atoms with van der Waals surface area (Å²) >= 11 is 0. The molecule has 17 nitrogen and oxygen atoms in total. The highest BCUT2D eigenvalue weighted by Gasteiger charge is 2.48. The Morgan fingerprint density at radius 2 is 1.95 bits per heavy atom. The van der Waals surface area contributed by atoms with Crippen LogP contribution in [0.4, 0.5) is 0 Å². The number of benzene rings is 1. The fourth-order valence-electron chi connectivity index (χ4n) is 10.2. The molecule has 4 aromatic rings. The van der Waals surface area contributed by atoms with Crippen molar-refractivity contribution in [2.45, 2.75) is 97.0 Å². The minimum absolute atomic E-state index is 0.0268. The second-order valence-corrected chi connectivity index (χ2v) is 18.2. The van der Waals surface area contributed by atoms with Gasteiger partial charge in [0.15, 0.2) is 0 Å². The third-order valence-corrected chi connectivity index (χ3v) is 13.3. The van der Waals surface area contributed by atoms with Crippen LogP contribution in [0.15, 0.2) is 55.4 Å².